The van der Waals surface area contributed by atoms with Crippen LogP contribution in [0.4, 0.5) is 14.5 Å². The number of ketones is 1. The molecule has 1 aliphatic heterocycles. The molecule has 1 aliphatic rings. The lowest BCUT2D eigenvalue weighted by Gasteiger charge is -2.34. The maximum Gasteiger partial charge on any atom is 0.483 e. The van der Waals surface area contributed by atoms with Gasteiger partial charge in [0.2, 0.25) is 0 Å². The Balaban J connectivity index is 2.04. The summed E-state index contributed by atoms with van der Waals surface area (Å²) < 4.78 is 32.7. The fourth-order valence-electron chi connectivity index (χ4n) is 2.63. The smallest absolute Gasteiger partial charge is 0.422 e. The molecule has 0 saturated heterocycles. The van der Waals surface area contributed by atoms with Gasteiger partial charge < -0.3 is 4.74 Å². The zero-order valence-corrected chi connectivity index (χ0v) is 14.4. The first-order valence-electron chi connectivity index (χ1n) is 7.49. The number of amides is 1. The molecule has 0 aromatic heterocycles. The van der Waals surface area contributed by atoms with E-state index >= 15 is 0 Å². The van der Waals surface area contributed by atoms with Gasteiger partial charge in [0.15, 0.2) is 11.5 Å². The van der Waals surface area contributed by atoms with E-state index in [9.17, 15) is 18.4 Å². The average Bonchev–Trinajstić information content (AvgIpc) is 2.58. The standard InChI is InChI=1S/C18H15F2NO3S/c1-11(22)14-4-3-5-15-16(14)24-18(19,20)17(23)21(15)10-12-6-8-13(25-2)9-7-12/h3-9H,10H2,1-2H3. The van der Waals surface area contributed by atoms with Crippen LogP contribution in [0.5, 0.6) is 5.75 Å². The topological polar surface area (TPSA) is 46.6 Å². The van der Waals surface area contributed by atoms with Crippen LogP contribution in [0.2, 0.25) is 0 Å². The molecule has 130 valence electrons. The van der Waals surface area contributed by atoms with Crippen LogP contribution in [-0.4, -0.2) is 24.1 Å². The van der Waals surface area contributed by atoms with Crippen molar-refractivity contribution in [1.82, 2.24) is 0 Å². The van der Waals surface area contributed by atoms with Gasteiger partial charge in [-0.15, -0.1) is 11.8 Å². The minimum atomic E-state index is -4.02. The molecular formula is C18H15F2NO3S. The number of hydrogen-bond donors (Lipinski definition) is 0. The summed E-state index contributed by atoms with van der Waals surface area (Å²) in [6.45, 7) is 1.22. The van der Waals surface area contributed by atoms with Crippen LogP contribution in [0.25, 0.3) is 0 Å². The first-order chi connectivity index (χ1) is 11.8. The van der Waals surface area contributed by atoms with Crippen LogP contribution in [0, 0.1) is 0 Å². The van der Waals surface area contributed by atoms with E-state index < -0.39 is 17.8 Å². The molecule has 0 fully saturated rings. The summed E-state index contributed by atoms with van der Waals surface area (Å²) in [5.41, 5.74) is 0.882. The summed E-state index contributed by atoms with van der Waals surface area (Å²) in [5.74, 6) is -2.12. The molecule has 2 aromatic carbocycles. The van der Waals surface area contributed by atoms with Gasteiger partial charge in [-0.1, -0.05) is 18.2 Å². The fraction of sp³-hybridized carbons (Fsp3) is 0.222. The van der Waals surface area contributed by atoms with Crippen molar-refractivity contribution in [2.24, 2.45) is 0 Å². The molecule has 25 heavy (non-hydrogen) atoms. The first-order valence-corrected chi connectivity index (χ1v) is 8.71. The number of thioether (sulfide) groups is 1. The predicted octanol–water partition coefficient (Wildman–Crippen LogP) is 4.13. The van der Waals surface area contributed by atoms with Gasteiger partial charge in [0.25, 0.3) is 0 Å². The number of carbonyl (C=O) groups is 2. The van der Waals surface area contributed by atoms with Crippen molar-refractivity contribution in [3.63, 3.8) is 0 Å². The molecule has 1 heterocycles. The number of fused-ring (bicyclic) bond motifs is 1. The third-order valence-electron chi connectivity index (χ3n) is 3.89. The summed E-state index contributed by atoms with van der Waals surface area (Å²) >= 11 is 1.56. The maximum absolute atomic E-state index is 14.1. The third kappa shape index (κ3) is 3.24. The van der Waals surface area contributed by atoms with E-state index in [0.717, 1.165) is 9.80 Å². The highest BCUT2D eigenvalue weighted by Crippen LogP contribution is 2.42. The number of nitrogens with zero attached hydrogens (tertiary/aromatic N) is 1. The highest BCUT2D eigenvalue weighted by Gasteiger charge is 2.51. The van der Waals surface area contributed by atoms with Crippen molar-refractivity contribution in [1.29, 1.82) is 0 Å². The molecule has 1 amide bonds. The average molecular weight is 363 g/mol. The zero-order valence-electron chi connectivity index (χ0n) is 13.6. The number of ether oxygens (including phenoxy) is 1. The summed E-state index contributed by atoms with van der Waals surface area (Å²) in [6, 6.07) is 11.7. The van der Waals surface area contributed by atoms with Crippen molar-refractivity contribution in [3.05, 3.63) is 53.6 Å². The largest absolute Gasteiger partial charge is 0.483 e. The minimum Gasteiger partial charge on any atom is -0.422 e. The van der Waals surface area contributed by atoms with Crippen molar-refractivity contribution >= 4 is 29.1 Å². The third-order valence-corrected chi connectivity index (χ3v) is 4.63. The lowest BCUT2D eigenvalue weighted by molar-refractivity contribution is -0.193. The molecule has 0 aliphatic carbocycles. The van der Waals surface area contributed by atoms with Gasteiger partial charge >= 0.3 is 12.0 Å². The number of Topliss-reactive ketones (excluding diaryl/α,β-unsaturated/α-hetero) is 1. The Labute approximate surface area is 147 Å². The lowest BCUT2D eigenvalue weighted by atomic mass is 10.1. The number of rotatable bonds is 4. The Morgan fingerprint density at radius 1 is 1.20 bits per heavy atom. The second-order valence-electron chi connectivity index (χ2n) is 5.57. The molecule has 4 nitrogen and oxygen atoms in total. The summed E-state index contributed by atoms with van der Waals surface area (Å²) in [7, 11) is 0. The van der Waals surface area contributed by atoms with E-state index in [1.165, 1.54) is 19.1 Å². The van der Waals surface area contributed by atoms with E-state index in [2.05, 4.69) is 4.74 Å². The van der Waals surface area contributed by atoms with Crippen LogP contribution < -0.4 is 9.64 Å². The van der Waals surface area contributed by atoms with E-state index in [-0.39, 0.29) is 23.5 Å². The van der Waals surface area contributed by atoms with Gasteiger partial charge in [-0.25, -0.2) is 0 Å². The number of anilines is 1. The van der Waals surface area contributed by atoms with E-state index in [1.54, 1.807) is 30.0 Å². The number of hydrogen-bond acceptors (Lipinski definition) is 4. The Bertz CT molecular complexity index is 837. The fourth-order valence-corrected chi connectivity index (χ4v) is 3.04. The molecule has 3 rings (SSSR count). The SMILES string of the molecule is CSc1ccc(CN2C(=O)C(F)(F)Oc3c(C(C)=O)cccc32)cc1. The van der Waals surface area contributed by atoms with Gasteiger partial charge in [0.05, 0.1) is 17.8 Å². The molecule has 0 bridgehead atoms. The molecule has 7 heteroatoms. The predicted molar refractivity (Wildman–Crippen MR) is 91.4 cm³/mol. The van der Waals surface area contributed by atoms with Crippen LogP contribution in [-0.2, 0) is 11.3 Å². The second kappa shape index (κ2) is 6.48. The van der Waals surface area contributed by atoms with E-state index in [1.807, 2.05) is 18.4 Å². The van der Waals surface area contributed by atoms with Gasteiger partial charge in [-0.05, 0) is 43.0 Å². The highest BCUT2D eigenvalue weighted by molar-refractivity contribution is 7.98. The highest BCUT2D eigenvalue weighted by atomic mass is 32.2. The number of halogens is 2. The van der Waals surface area contributed by atoms with Gasteiger partial charge in [0.1, 0.15) is 0 Å². The molecule has 0 atom stereocenters. The maximum atomic E-state index is 14.1. The van der Waals surface area contributed by atoms with Gasteiger partial charge in [-0.2, -0.15) is 8.78 Å². The normalized spacial score (nSPS) is 15.5. The van der Waals surface area contributed by atoms with Crippen molar-refractivity contribution in [2.45, 2.75) is 24.5 Å². The molecule has 0 N–H and O–H groups in total. The Kier molecular flexibility index (Phi) is 4.51. The lowest BCUT2D eigenvalue weighted by Crippen LogP contribution is -2.50. The zero-order chi connectivity index (χ0) is 18.2. The molecular weight excluding hydrogens is 348 g/mol. The quantitative estimate of drug-likeness (QED) is 0.605. The molecule has 0 spiro atoms. The Morgan fingerprint density at radius 3 is 2.48 bits per heavy atom. The van der Waals surface area contributed by atoms with E-state index in [0.29, 0.717) is 5.56 Å². The van der Waals surface area contributed by atoms with Crippen LogP contribution in [0.15, 0.2) is 47.4 Å². The number of para-hydroxylation sites is 1. The molecule has 0 saturated carbocycles. The Morgan fingerprint density at radius 2 is 1.88 bits per heavy atom. The van der Waals surface area contributed by atoms with Crippen LogP contribution in [0.1, 0.15) is 22.8 Å². The Hall–Kier alpha value is -2.41. The minimum absolute atomic E-state index is 0.0207. The molecule has 2 aromatic rings. The first kappa shape index (κ1) is 17.4. The molecule has 0 unspecified atom stereocenters. The van der Waals surface area contributed by atoms with Gasteiger partial charge in [-0.3, -0.25) is 14.5 Å². The van der Waals surface area contributed by atoms with E-state index in [4.69, 9.17) is 0 Å². The monoisotopic (exact) mass is 363 g/mol. The second-order valence-corrected chi connectivity index (χ2v) is 6.45. The van der Waals surface area contributed by atoms with Crippen molar-refractivity contribution in [2.75, 3.05) is 11.2 Å². The van der Waals surface area contributed by atoms with Crippen molar-refractivity contribution in [3.8, 4) is 5.75 Å². The summed E-state index contributed by atoms with van der Waals surface area (Å²) in [5, 5.41) is 0. The van der Waals surface area contributed by atoms with Crippen LogP contribution >= 0.6 is 11.8 Å². The van der Waals surface area contributed by atoms with Gasteiger partial charge in [0, 0.05) is 4.90 Å². The van der Waals surface area contributed by atoms with Crippen molar-refractivity contribution < 1.29 is 23.1 Å². The number of carbonyl (C=O) groups excluding carboxylic acids is 2. The summed E-state index contributed by atoms with van der Waals surface area (Å²) in [6.07, 6.45) is -2.08. The summed E-state index contributed by atoms with van der Waals surface area (Å²) in [4.78, 5) is 25.9. The number of benzene rings is 2. The molecule has 0 radical (unpaired) electrons. The van der Waals surface area contributed by atoms with Crippen LogP contribution in [0.3, 0.4) is 0 Å². The number of alkyl halides is 2.